The topological polar surface area (TPSA) is 46.8 Å². The lowest BCUT2D eigenvalue weighted by Gasteiger charge is -2.41. The number of imidazole rings is 1. The second-order valence-electron chi connectivity index (χ2n) is 5.31. The molecule has 0 amide bonds. The lowest BCUT2D eigenvalue weighted by Crippen LogP contribution is -2.49. The van der Waals surface area contributed by atoms with E-state index in [1.54, 1.807) is 6.33 Å². The first kappa shape index (κ1) is 12.1. The van der Waals surface area contributed by atoms with Gasteiger partial charge in [0.15, 0.2) is 0 Å². The Bertz CT molecular complexity index is 583. The van der Waals surface area contributed by atoms with E-state index in [1.807, 2.05) is 20.0 Å². The van der Waals surface area contributed by atoms with Crippen LogP contribution in [0.2, 0.25) is 0 Å². The second kappa shape index (κ2) is 4.64. The smallest absolute Gasteiger partial charge is 0.135 e. The molecule has 0 bridgehead atoms. The zero-order valence-corrected chi connectivity index (χ0v) is 11.7. The molecule has 3 heterocycles. The molecule has 1 aliphatic rings. The fraction of sp³-hybridized carbons (Fsp3) is 0.500. The maximum absolute atomic E-state index is 4.41. The fourth-order valence-corrected chi connectivity index (χ4v) is 2.58. The van der Waals surface area contributed by atoms with E-state index in [-0.39, 0.29) is 0 Å². The molecule has 0 spiro atoms. The van der Waals surface area contributed by atoms with E-state index in [0.29, 0.717) is 5.92 Å². The minimum atomic E-state index is 0.683. The number of rotatable bonds is 3. The molecule has 1 aliphatic heterocycles. The zero-order valence-electron chi connectivity index (χ0n) is 11.7. The third-order valence-electron chi connectivity index (χ3n) is 3.94. The number of hydrogen-bond acceptors (Lipinski definition) is 4. The number of nitrogens with zero attached hydrogens (tertiary/aromatic N) is 5. The van der Waals surface area contributed by atoms with Gasteiger partial charge in [-0.1, -0.05) is 0 Å². The van der Waals surface area contributed by atoms with Gasteiger partial charge in [0.2, 0.25) is 0 Å². The molecule has 2 aromatic rings. The molecule has 0 saturated carbocycles. The Kier molecular flexibility index (Phi) is 2.97. The van der Waals surface area contributed by atoms with Gasteiger partial charge in [-0.2, -0.15) is 0 Å². The molecule has 0 N–H and O–H groups in total. The molecule has 5 nitrogen and oxygen atoms in total. The largest absolute Gasteiger partial charge is 0.355 e. The normalized spacial score (nSPS) is 15.6. The van der Waals surface area contributed by atoms with Gasteiger partial charge in [-0.25, -0.2) is 15.0 Å². The van der Waals surface area contributed by atoms with Crippen molar-refractivity contribution in [1.29, 1.82) is 0 Å². The van der Waals surface area contributed by atoms with E-state index >= 15 is 0 Å². The summed E-state index contributed by atoms with van der Waals surface area (Å²) >= 11 is 0. The number of aromatic nitrogens is 4. The van der Waals surface area contributed by atoms with Crippen LogP contribution in [0.25, 0.3) is 0 Å². The highest BCUT2D eigenvalue weighted by molar-refractivity contribution is 5.49. The van der Waals surface area contributed by atoms with Gasteiger partial charge >= 0.3 is 0 Å². The maximum Gasteiger partial charge on any atom is 0.135 e. The summed E-state index contributed by atoms with van der Waals surface area (Å²) in [6.45, 7) is 9.36. The molecular formula is C14H19N5. The van der Waals surface area contributed by atoms with Crippen LogP contribution in [0.1, 0.15) is 17.1 Å². The predicted molar refractivity (Wildman–Crippen MR) is 74.2 cm³/mol. The van der Waals surface area contributed by atoms with Crippen molar-refractivity contribution in [2.24, 2.45) is 5.92 Å². The van der Waals surface area contributed by atoms with Crippen LogP contribution in [-0.2, 0) is 6.54 Å². The molecule has 100 valence electrons. The van der Waals surface area contributed by atoms with Crippen LogP contribution in [0.3, 0.4) is 0 Å². The van der Waals surface area contributed by atoms with Crippen LogP contribution in [0.4, 0.5) is 5.82 Å². The Morgan fingerprint density at radius 2 is 1.95 bits per heavy atom. The SMILES string of the molecule is Cc1ncnc(N2CC(Cn3ccnc3C)C2)c1C. The highest BCUT2D eigenvalue weighted by atomic mass is 15.3. The third-order valence-corrected chi connectivity index (χ3v) is 3.94. The van der Waals surface area contributed by atoms with Crippen LogP contribution < -0.4 is 4.90 Å². The lowest BCUT2D eigenvalue weighted by atomic mass is 9.99. The molecule has 0 aromatic carbocycles. The van der Waals surface area contributed by atoms with Crippen LogP contribution in [0.15, 0.2) is 18.7 Å². The van der Waals surface area contributed by atoms with E-state index < -0.39 is 0 Å². The molecule has 2 aromatic heterocycles. The number of anilines is 1. The first-order valence-electron chi connectivity index (χ1n) is 6.66. The van der Waals surface area contributed by atoms with E-state index in [1.165, 1.54) is 5.56 Å². The summed E-state index contributed by atoms with van der Waals surface area (Å²) in [5.41, 5.74) is 2.26. The molecule has 1 saturated heterocycles. The number of hydrogen-bond donors (Lipinski definition) is 0. The first-order chi connectivity index (χ1) is 9.15. The minimum absolute atomic E-state index is 0.683. The molecule has 5 heteroatoms. The Balaban J connectivity index is 1.64. The van der Waals surface area contributed by atoms with Crippen molar-refractivity contribution in [3.05, 3.63) is 35.8 Å². The van der Waals surface area contributed by atoms with Crippen molar-refractivity contribution < 1.29 is 0 Å². The molecule has 0 unspecified atom stereocenters. The van der Waals surface area contributed by atoms with Gasteiger partial charge in [-0.05, 0) is 20.8 Å². The standard InChI is InChI=1S/C14H19N5/c1-10-11(2)16-9-17-14(10)19-7-13(8-19)6-18-5-4-15-12(18)3/h4-5,9,13H,6-8H2,1-3H3. The van der Waals surface area contributed by atoms with Gasteiger partial charge < -0.3 is 9.47 Å². The molecule has 0 radical (unpaired) electrons. The van der Waals surface area contributed by atoms with Crippen LogP contribution in [0, 0.1) is 26.7 Å². The third kappa shape index (κ3) is 2.20. The Labute approximate surface area is 113 Å². The number of aryl methyl sites for hydroxylation is 2. The molecular weight excluding hydrogens is 238 g/mol. The van der Waals surface area contributed by atoms with E-state index in [0.717, 1.165) is 37.0 Å². The lowest BCUT2D eigenvalue weighted by molar-refractivity contribution is 0.352. The molecule has 0 aliphatic carbocycles. The quantitative estimate of drug-likeness (QED) is 0.840. The Hall–Kier alpha value is -1.91. The Morgan fingerprint density at radius 3 is 2.63 bits per heavy atom. The van der Waals surface area contributed by atoms with Gasteiger partial charge in [0, 0.05) is 49.2 Å². The van der Waals surface area contributed by atoms with Crippen LogP contribution in [0.5, 0.6) is 0 Å². The summed E-state index contributed by atoms with van der Waals surface area (Å²) in [5.74, 6) is 2.86. The average molecular weight is 257 g/mol. The van der Waals surface area contributed by atoms with Gasteiger partial charge in [0.25, 0.3) is 0 Å². The van der Waals surface area contributed by atoms with Crippen molar-refractivity contribution in [2.75, 3.05) is 18.0 Å². The van der Waals surface area contributed by atoms with Gasteiger partial charge in [0.1, 0.15) is 18.0 Å². The molecule has 1 fully saturated rings. The van der Waals surface area contributed by atoms with Gasteiger partial charge in [0.05, 0.1) is 0 Å². The fourth-order valence-electron chi connectivity index (χ4n) is 2.58. The van der Waals surface area contributed by atoms with Gasteiger partial charge in [-0.15, -0.1) is 0 Å². The average Bonchev–Trinajstić information content (AvgIpc) is 2.73. The maximum atomic E-state index is 4.41. The van der Waals surface area contributed by atoms with E-state index in [2.05, 4.69) is 37.5 Å². The van der Waals surface area contributed by atoms with E-state index in [4.69, 9.17) is 0 Å². The van der Waals surface area contributed by atoms with Crippen molar-refractivity contribution in [3.63, 3.8) is 0 Å². The zero-order chi connectivity index (χ0) is 13.4. The molecule has 0 atom stereocenters. The second-order valence-corrected chi connectivity index (χ2v) is 5.31. The van der Waals surface area contributed by atoms with Crippen molar-refractivity contribution in [3.8, 4) is 0 Å². The summed E-state index contributed by atoms with van der Waals surface area (Å²) in [7, 11) is 0. The highest BCUT2D eigenvalue weighted by Crippen LogP contribution is 2.27. The summed E-state index contributed by atoms with van der Waals surface area (Å²) in [5, 5.41) is 0. The predicted octanol–water partition coefficient (Wildman–Crippen LogP) is 1.73. The minimum Gasteiger partial charge on any atom is -0.355 e. The van der Waals surface area contributed by atoms with E-state index in [9.17, 15) is 0 Å². The van der Waals surface area contributed by atoms with Crippen molar-refractivity contribution >= 4 is 5.82 Å². The Morgan fingerprint density at radius 1 is 1.16 bits per heavy atom. The molecule has 19 heavy (non-hydrogen) atoms. The van der Waals surface area contributed by atoms with Crippen LogP contribution in [-0.4, -0.2) is 32.6 Å². The van der Waals surface area contributed by atoms with Crippen molar-refractivity contribution in [1.82, 2.24) is 19.5 Å². The van der Waals surface area contributed by atoms with Gasteiger partial charge in [-0.3, -0.25) is 0 Å². The summed E-state index contributed by atoms with van der Waals surface area (Å²) in [6, 6.07) is 0. The summed E-state index contributed by atoms with van der Waals surface area (Å²) in [6.07, 6.45) is 5.58. The molecule has 3 rings (SSSR count). The highest BCUT2D eigenvalue weighted by Gasteiger charge is 2.29. The first-order valence-corrected chi connectivity index (χ1v) is 6.66. The summed E-state index contributed by atoms with van der Waals surface area (Å²) < 4.78 is 2.22. The van der Waals surface area contributed by atoms with Crippen LogP contribution >= 0.6 is 0 Å². The van der Waals surface area contributed by atoms with Crippen molar-refractivity contribution in [2.45, 2.75) is 27.3 Å². The monoisotopic (exact) mass is 257 g/mol. The summed E-state index contributed by atoms with van der Waals surface area (Å²) in [4.78, 5) is 15.2.